The molecule has 0 aliphatic carbocycles. The number of ether oxygens (including phenoxy) is 1. The highest BCUT2D eigenvalue weighted by Crippen LogP contribution is 2.25. The van der Waals surface area contributed by atoms with Crippen LogP contribution in [0.1, 0.15) is 13.8 Å². The summed E-state index contributed by atoms with van der Waals surface area (Å²) in [4.78, 5) is 23.4. The maximum atomic E-state index is 12.2. The molecule has 2 N–H and O–H groups in total. The van der Waals surface area contributed by atoms with Crippen LogP contribution < -0.4 is 15.4 Å². The van der Waals surface area contributed by atoms with Gasteiger partial charge < -0.3 is 15.4 Å². The van der Waals surface area contributed by atoms with E-state index in [1.165, 1.54) is 6.92 Å². The zero-order chi connectivity index (χ0) is 16.8. The summed E-state index contributed by atoms with van der Waals surface area (Å²) in [5.74, 6) is -0.0987. The van der Waals surface area contributed by atoms with Gasteiger partial charge in [0.05, 0.1) is 5.69 Å². The van der Waals surface area contributed by atoms with Crippen LogP contribution in [0.5, 0.6) is 5.75 Å². The molecule has 120 valence electrons. The van der Waals surface area contributed by atoms with Gasteiger partial charge in [0.25, 0.3) is 5.91 Å². The van der Waals surface area contributed by atoms with Crippen molar-refractivity contribution >= 4 is 34.8 Å². The summed E-state index contributed by atoms with van der Waals surface area (Å²) in [5.41, 5.74) is 1.11. The van der Waals surface area contributed by atoms with Gasteiger partial charge in [-0.3, -0.25) is 9.59 Å². The molecule has 5 nitrogen and oxygen atoms in total. The predicted molar refractivity (Wildman–Crippen MR) is 90.9 cm³/mol. The number of anilines is 2. The zero-order valence-electron chi connectivity index (χ0n) is 12.8. The van der Waals surface area contributed by atoms with Crippen LogP contribution in [0.4, 0.5) is 11.4 Å². The average Bonchev–Trinajstić information content (AvgIpc) is 2.48. The number of benzene rings is 2. The molecule has 2 amide bonds. The Balaban J connectivity index is 2.05. The molecule has 23 heavy (non-hydrogen) atoms. The molecule has 0 aliphatic rings. The summed E-state index contributed by atoms with van der Waals surface area (Å²) in [6.45, 7) is 3.04. The van der Waals surface area contributed by atoms with Gasteiger partial charge in [0.1, 0.15) is 5.75 Å². The number of carbonyl (C=O) groups is 2. The van der Waals surface area contributed by atoms with E-state index in [1.807, 2.05) is 0 Å². The van der Waals surface area contributed by atoms with E-state index in [4.69, 9.17) is 16.3 Å². The SMILES string of the molecule is CC(=O)Nc1ccccc1OC(C)C(=O)Nc1cccc(Cl)c1. The van der Waals surface area contributed by atoms with Crippen LogP contribution in [-0.4, -0.2) is 17.9 Å². The normalized spacial score (nSPS) is 11.4. The van der Waals surface area contributed by atoms with E-state index in [1.54, 1.807) is 55.5 Å². The second-order valence-electron chi connectivity index (χ2n) is 4.94. The van der Waals surface area contributed by atoms with Crippen molar-refractivity contribution in [1.29, 1.82) is 0 Å². The maximum Gasteiger partial charge on any atom is 0.265 e. The van der Waals surface area contributed by atoms with E-state index < -0.39 is 6.10 Å². The summed E-state index contributed by atoms with van der Waals surface area (Å²) in [5, 5.41) is 5.92. The van der Waals surface area contributed by atoms with Crippen molar-refractivity contribution in [3.05, 3.63) is 53.6 Å². The number of amides is 2. The molecule has 0 saturated carbocycles. The molecule has 2 rings (SSSR count). The highest BCUT2D eigenvalue weighted by molar-refractivity contribution is 6.30. The first-order chi connectivity index (χ1) is 11.0. The van der Waals surface area contributed by atoms with Gasteiger partial charge in [0, 0.05) is 17.6 Å². The topological polar surface area (TPSA) is 67.4 Å². The van der Waals surface area contributed by atoms with Crippen molar-refractivity contribution < 1.29 is 14.3 Å². The van der Waals surface area contributed by atoms with E-state index in [9.17, 15) is 9.59 Å². The molecule has 0 fully saturated rings. The standard InChI is InChI=1S/C17H17ClN2O3/c1-11(17(22)20-14-7-5-6-13(18)10-14)23-16-9-4-3-8-15(16)19-12(2)21/h3-11H,1-2H3,(H,19,21)(H,20,22). The second kappa shape index (κ2) is 7.65. The number of halogens is 1. The number of carbonyl (C=O) groups excluding carboxylic acids is 2. The van der Waals surface area contributed by atoms with Crippen LogP contribution in [0.2, 0.25) is 5.02 Å². The van der Waals surface area contributed by atoms with E-state index in [2.05, 4.69) is 10.6 Å². The van der Waals surface area contributed by atoms with Crippen molar-refractivity contribution in [2.45, 2.75) is 20.0 Å². The molecule has 0 aromatic heterocycles. The Hall–Kier alpha value is -2.53. The Morgan fingerprint density at radius 3 is 2.52 bits per heavy atom. The lowest BCUT2D eigenvalue weighted by Crippen LogP contribution is -2.30. The van der Waals surface area contributed by atoms with E-state index in [0.717, 1.165) is 0 Å². The summed E-state index contributed by atoms with van der Waals surface area (Å²) < 4.78 is 5.65. The highest BCUT2D eigenvalue weighted by Gasteiger charge is 2.17. The van der Waals surface area contributed by atoms with E-state index in [-0.39, 0.29) is 11.8 Å². The van der Waals surface area contributed by atoms with Gasteiger partial charge in [0.2, 0.25) is 5.91 Å². The molecule has 2 aromatic carbocycles. The number of hydrogen-bond donors (Lipinski definition) is 2. The van der Waals surface area contributed by atoms with Gasteiger partial charge in [-0.15, -0.1) is 0 Å². The molecule has 0 heterocycles. The molecule has 0 aliphatic heterocycles. The third-order valence-corrected chi connectivity index (χ3v) is 3.20. The zero-order valence-corrected chi connectivity index (χ0v) is 13.6. The fraction of sp³-hybridized carbons (Fsp3) is 0.176. The van der Waals surface area contributed by atoms with Crippen LogP contribution in [0, 0.1) is 0 Å². The Morgan fingerprint density at radius 1 is 1.09 bits per heavy atom. The van der Waals surface area contributed by atoms with Crippen LogP contribution in [0.25, 0.3) is 0 Å². The van der Waals surface area contributed by atoms with Crippen molar-refractivity contribution in [1.82, 2.24) is 0 Å². The molecule has 2 aromatic rings. The van der Waals surface area contributed by atoms with Crippen molar-refractivity contribution in [3.63, 3.8) is 0 Å². The van der Waals surface area contributed by atoms with Crippen LogP contribution in [0.3, 0.4) is 0 Å². The number of nitrogens with one attached hydrogen (secondary N) is 2. The smallest absolute Gasteiger partial charge is 0.265 e. The fourth-order valence-corrected chi connectivity index (χ4v) is 2.11. The molecule has 1 unspecified atom stereocenters. The minimum absolute atomic E-state index is 0.211. The van der Waals surface area contributed by atoms with E-state index in [0.29, 0.717) is 22.1 Å². The first-order valence-corrected chi connectivity index (χ1v) is 7.43. The maximum absolute atomic E-state index is 12.2. The number of para-hydroxylation sites is 2. The average molecular weight is 333 g/mol. The first kappa shape index (κ1) is 16.8. The molecule has 0 spiro atoms. The molecule has 0 bridgehead atoms. The van der Waals surface area contributed by atoms with Crippen LogP contribution >= 0.6 is 11.6 Å². The largest absolute Gasteiger partial charge is 0.479 e. The highest BCUT2D eigenvalue weighted by atomic mass is 35.5. The predicted octanol–water partition coefficient (Wildman–Crippen LogP) is 3.70. The second-order valence-corrected chi connectivity index (χ2v) is 5.37. The van der Waals surface area contributed by atoms with Crippen molar-refractivity contribution in [2.75, 3.05) is 10.6 Å². The van der Waals surface area contributed by atoms with Gasteiger partial charge >= 0.3 is 0 Å². The Morgan fingerprint density at radius 2 is 1.83 bits per heavy atom. The van der Waals surface area contributed by atoms with Crippen LogP contribution in [-0.2, 0) is 9.59 Å². The molecule has 6 heteroatoms. The van der Waals surface area contributed by atoms with Crippen LogP contribution in [0.15, 0.2) is 48.5 Å². The Labute approximate surface area is 139 Å². The lowest BCUT2D eigenvalue weighted by Gasteiger charge is -2.17. The summed E-state index contributed by atoms with van der Waals surface area (Å²) in [7, 11) is 0. The minimum Gasteiger partial charge on any atom is -0.479 e. The Bertz CT molecular complexity index is 718. The third-order valence-electron chi connectivity index (χ3n) is 2.96. The first-order valence-electron chi connectivity index (χ1n) is 7.05. The Kier molecular flexibility index (Phi) is 5.60. The lowest BCUT2D eigenvalue weighted by atomic mass is 10.2. The minimum atomic E-state index is -0.746. The quantitative estimate of drug-likeness (QED) is 0.877. The fourth-order valence-electron chi connectivity index (χ4n) is 1.92. The summed E-state index contributed by atoms with van der Waals surface area (Å²) in [6, 6.07) is 13.8. The summed E-state index contributed by atoms with van der Waals surface area (Å²) in [6.07, 6.45) is -0.746. The van der Waals surface area contributed by atoms with Gasteiger partial charge in [-0.1, -0.05) is 29.8 Å². The number of hydrogen-bond acceptors (Lipinski definition) is 3. The number of rotatable bonds is 5. The van der Waals surface area contributed by atoms with Gasteiger partial charge in [-0.05, 0) is 37.3 Å². The van der Waals surface area contributed by atoms with Gasteiger partial charge in [-0.25, -0.2) is 0 Å². The molecular weight excluding hydrogens is 316 g/mol. The third kappa shape index (κ3) is 5.00. The van der Waals surface area contributed by atoms with Crippen molar-refractivity contribution in [2.24, 2.45) is 0 Å². The summed E-state index contributed by atoms with van der Waals surface area (Å²) >= 11 is 5.88. The lowest BCUT2D eigenvalue weighted by molar-refractivity contribution is -0.122. The van der Waals surface area contributed by atoms with Gasteiger partial charge in [-0.2, -0.15) is 0 Å². The molecular formula is C17H17ClN2O3. The monoisotopic (exact) mass is 332 g/mol. The van der Waals surface area contributed by atoms with Gasteiger partial charge in [0.15, 0.2) is 6.10 Å². The van der Waals surface area contributed by atoms with Crippen molar-refractivity contribution in [3.8, 4) is 5.75 Å². The molecule has 0 radical (unpaired) electrons. The molecule has 0 saturated heterocycles. The van der Waals surface area contributed by atoms with E-state index >= 15 is 0 Å². The molecule has 1 atom stereocenters.